The highest BCUT2D eigenvalue weighted by atomic mass is 19.1. The molecule has 0 aromatic heterocycles. The second-order valence-electron chi connectivity index (χ2n) is 9.08. The molecule has 1 aliphatic heterocycles. The van der Waals surface area contributed by atoms with Gasteiger partial charge in [0.15, 0.2) is 0 Å². The SMILES string of the molecule is CC(=O)Nc1cc(CNCCN2Cc3ccc(F)cc3CC2Cc2ccc(F)cc2)ccc1C. The van der Waals surface area contributed by atoms with Gasteiger partial charge in [-0.25, -0.2) is 8.78 Å². The topological polar surface area (TPSA) is 44.4 Å². The number of aryl methyl sites for hydroxylation is 1. The number of rotatable bonds is 8. The molecular formula is C28H31F2N3O. The van der Waals surface area contributed by atoms with Gasteiger partial charge in [-0.2, -0.15) is 0 Å². The summed E-state index contributed by atoms with van der Waals surface area (Å²) in [5.74, 6) is -0.518. The lowest BCUT2D eigenvalue weighted by Crippen LogP contribution is -2.44. The van der Waals surface area contributed by atoms with Crippen molar-refractivity contribution in [3.8, 4) is 0 Å². The summed E-state index contributed by atoms with van der Waals surface area (Å²) in [5.41, 5.74) is 6.28. The first kappa shape index (κ1) is 24.0. The van der Waals surface area contributed by atoms with Gasteiger partial charge in [0.25, 0.3) is 0 Å². The van der Waals surface area contributed by atoms with Crippen molar-refractivity contribution in [1.29, 1.82) is 0 Å². The first-order valence-electron chi connectivity index (χ1n) is 11.7. The minimum atomic E-state index is -0.237. The molecule has 0 fully saturated rings. The van der Waals surface area contributed by atoms with E-state index in [1.165, 1.54) is 25.1 Å². The minimum Gasteiger partial charge on any atom is -0.326 e. The van der Waals surface area contributed by atoms with E-state index >= 15 is 0 Å². The highest BCUT2D eigenvalue weighted by Crippen LogP contribution is 2.26. The zero-order chi connectivity index (χ0) is 24.1. The van der Waals surface area contributed by atoms with Crippen molar-refractivity contribution in [2.45, 2.75) is 45.8 Å². The van der Waals surface area contributed by atoms with Gasteiger partial charge in [-0.05, 0) is 77.9 Å². The summed E-state index contributed by atoms with van der Waals surface area (Å²) in [6.45, 7) is 6.58. The summed E-state index contributed by atoms with van der Waals surface area (Å²) in [6, 6.07) is 18.0. The number of nitrogens with zero attached hydrogens (tertiary/aromatic N) is 1. The Labute approximate surface area is 200 Å². The van der Waals surface area contributed by atoms with Gasteiger partial charge in [-0.1, -0.05) is 30.3 Å². The van der Waals surface area contributed by atoms with E-state index in [1.54, 1.807) is 6.07 Å². The molecule has 1 unspecified atom stereocenters. The number of carbonyl (C=O) groups excluding carboxylic acids is 1. The molecule has 1 atom stereocenters. The van der Waals surface area contributed by atoms with Crippen LogP contribution < -0.4 is 10.6 Å². The lowest BCUT2D eigenvalue weighted by molar-refractivity contribution is -0.114. The summed E-state index contributed by atoms with van der Waals surface area (Å²) in [6.07, 6.45) is 1.55. The maximum absolute atomic E-state index is 13.8. The molecule has 34 heavy (non-hydrogen) atoms. The summed E-state index contributed by atoms with van der Waals surface area (Å²) in [4.78, 5) is 13.9. The van der Waals surface area contributed by atoms with Crippen molar-refractivity contribution in [1.82, 2.24) is 10.2 Å². The van der Waals surface area contributed by atoms with Crippen LogP contribution in [0.3, 0.4) is 0 Å². The third-order valence-corrected chi connectivity index (χ3v) is 6.42. The van der Waals surface area contributed by atoms with E-state index in [9.17, 15) is 13.6 Å². The molecule has 0 aliphatic carbocycles. The smallest absolute Gasteiger partial charge is 0.221 e. The Balaban J connectivity index is 1.39. The van der Waals surface area contributed by atoms with Crippen LogP contribution in [-0.2, 0) is 30.7 Å². The van der Waals surface area contributed by atoms with Crippen LogP contribution in [0.4, 0.5) is 14.5 Å². The van der Waals surface area contributed by atoms with E-state index in [0.29, 0.717) is 6.54 Å². The largest absolute Gasteiger partial charge is 0.326 e. The second kappa shape index (κ2) is 10.9. The molecule has 178 valence electrons. The van der Waals surface area contributed by atoms with Crippen molar-refractivity contribution >= 4 is 11.6 Å². The van der Waals surface area contributed by atoms with Crippen molar-refractivity contribution < 1.29 is 13.6 Å². The van der Waals surface area contributed by atoms with Crippen molar-refractivity contribution in [2.24, 2.45) is 0 Å². The molecule has 4 nitrogen and oxygen atoms in total. The van der Waals surface area contributed by atoms with E-state index in [4.69, 9.17) is 0 Å². The first-order chi connectivity index (χ1) is 16.4. The van der Waals surface area contributed by atoms with Crippen LogP contribution in [0.5, 0.6) is 0 Å². The predicted octanol–water partition coefficient (Wildman–Crippen LogP) is 4.99. The van der Waals surface area contributed by atoms with Crippen molar-refractivity contribution in [3.63, 3.8) is 0 Å². The number of benzene rings is 3. The number of hydrogen-bond donors (Lipinski definition) is 2. The number of nitrogens with one attached hydrogen (secondary N) is 2. The van der Waals surface area contributed by atoms with E-state index in [2.05, 4.69) is 21.6 Å². The molecule has 1 heterocycles. The standard InChI is InChI=1S/C28H31F2N3O/c1-19-3-4-22(14-28(19)32-20(2)34)17-31-11-12-33-18-23-7-10-26(30)15-24(23)16-27(33)13-21-5-8-25(29)9-6-21/h3-10,14-15,27,31H,11-13,16-18H2,1-2H3,(H,32,34). The molecule has 0 spiro atoms. The zero-order valence-corrected chi connectivity index (χ0v) is 19.7. The van der Waals surface area contributed by atoms with Crippen molar-refractivity contribution in [2.75, 3.05) is 18.4 Å². The zero-order valence-electron chi connectivity index (χ0n) is 19.7. The van der Waals surface area contributed by atoms with Crippen LogP contribution in [0.15, 0.2) is 60.7 Å². The fourth-order valence-corrected chi connectivity index (χ4v) is 4.58. The third-order valence-electron chi connectivity index (χ3n) is 6.42. The number of amides is 1. The van der Waals surface area contributed by atoms with Gasteiger partial charge in [-0.3, -0.25) is 9.69 Å². The van der Waals surface area contributed by atoms with Crippen LogP contribution in [0.25, 0.3) is 0 Å². The molecule has 1 aliphatic rings. The van der Waals surface area contributed by atoms with Gasteiger partial charge in [0.1, 0.15) is 11.6 Å². The van der Waals surface area contributed by atoms with E-state index in [-0.39, 0.29) is 23.6 Å². The number of hydrogen-bond acceptors (Lipinski definition) is 3. The molecule has 1 amide bonds. The Morgan fingerprint density at radius 2 is 1.71 bits per heavy atom. The van der Waals surface area contributed by atoms with Gasteiger partial charge in [-0.15, -0.1) is 0 Å². The number of anilines is 1. The van der Waals surface area contributed by atoms with Gasteiger partial charge in [0.2, 0.25) is 5.91 Å². The van der Waals surface area contributed by atoms with Gasteiger partial charge in [0.05, 0.1) is 0 Å². The molecule has 0 saturated heterocycles. The lowest BCUT2D eigenvalue weighted by atomic mass is 9.90. The van der Waals surface area contributed by atoms with E-state index < -0.39 is 0 Å². The fraction of sp³-hybridized carbons (Fsp3) is 0.321. The van der Waals surface area contributed by atoms with E-state index in [1.807, 2.05) is 37.3 Å². The number of fused-ring (bicyclic) bond motifs is 1. The monoisotopic (exact) mass is 463 g/mol. The van der Waals surface area contributed by atoms with Crippen molar-refractivity contribution in [3.05, 3.63) is 100 Å². The van der Waals surface area contributed by atoms with Gasteiger partial charge >= 0.3 is 0 Å². The summed E-state index contributed by atoms with van der Waals surface area (Å²) >= 11 is 0. The summed E-state index contributed by atoms with van der Waals surface area (Å²) in [7, 11) is 0. The van der Waals surface area contributed by atoms with Crippen LogP contribution in [0.2, 0.25) is 0 Å². The molecule has 3 aromatic rings. The van der Waals surface area contributed by atoms with Crippen LogP contribution in [0, 0.1) is 18.6 Å². The highest BCUT2D eigenvalue weighted by Gasteiger charge is 2.26. The predicted molar refractivity (Wildman–Crippen MR) is 132 cm³/mol. The molecular weight excluding hydrogens is 432 g/mol. The number of carbonyl (C=O) groups is 1. The maximum Gasteiger partial charge on any atom is 0.221 e. The molecule has 0 radical (unpaired) electrons. The van der Waals surface area contributed by atoms with E-state index in [0.717, 1.165) is 66.0 Å². The molecule has 0 saturated carbocycles. The Bertz CT molecular complexity index is 1150. The maximum atomic E-state index is 13.8. The Hall–Kier alpha value is -3.09. The molecule has 4 rings (SSSR count). The molecule has 6 heteroatoms. The average Bonchev–Trinajstić information content (AvgIpc) is 2.80. The minimum absolute atomic E-state index is 0.0781. The summed E-state index contributed by atoms with van der Waals surface area (Å²) < 4.78 is 27.2. The highest BCUT2D eigenvalue weighted by molar-refractivity contribution is 5.89. The quantitative estimate of drug-likeness (QED) is 0.463. The lowest BCUT2D eigenvalue weighted by Gasteiger charge is -2.37. The van der Waals surface area contributed by atoms with Crippen LogP contribution >= 0.6 is 0 Å². The normalized spacial score (nSPS) is 15.7. The fourth-order valence-electron chi connectivity index (χ4n) is 4.58. The Kier molecular flexibility index (Phi) is 7.70. The first-order valence-corrected chi connectivity index (χ1v) is 11.7. The second-order valence-corrected chi connectivity index (χ2v) is 9.08. The molecule has 0 bridgehead atoms. The van der Waals surface area contributed by atoms with Gasteiger partial charge < -0.3 is 10.6 Å². The average molecular weight is 464 g/mol. The van der Waals surface area contributed by atoms with Gasteiger partial charge in [0, 0.05) is 44.8 Å². The molecule has 3 aromatic carbocycles. The number of halogens is 2. The summed E-state index contributed by atoms with van der Waals surface area (Å²) in [5, 5.41) is 6.39. The molecule has 2 N–H and O–H groups in total. The third kappa shape index (κ3) is 6.27. The van der Waals surface area contributed by atoms with Crippen LogP contribution in [-0.4, -0.2) is 29.9 Å². The Morgan fingerprint density at radius 1 is 0.971 bits per heavy atom. The van der Waals surface area contributed by atoms with Crippen LogP contribution in [0.1, 0.15) is 34.7 Å². The Morgan fingerprint density at radius 3 is 2.47 bits per heavy atom.